The Balaban J connectivity index is 1.37. The number of carbonyl (C=O) groups is 2. The zero-order chi connectivity index (χ0) is 28.9. The molecule has 0 spiro atoms. The van der Waals surface area contributed by atoms with E-state index in [4.69, 9.17) is 5.73 Å². The predicted octanol–water partition coefficient (Wildman–Crippen LogP) is 4.21. The van der Waals surface area contributed by atoms with Crippen molar-refractivity contribution in [1.29, 1.82) is 0 Å². The summed E-state index contributed by atoms with van der Waals surface area (Å²) < 4.78 is 27.6. The van der Waals surface area contributed by atoms with E-state index in [0.29, 0.717) is 18.0 Å². The first kappa shape index (κ1) is 28.9. The topological polar surface area (TPSA) is 78.7 Å². The number of rotatable bonds is 9. The predicted molar refractivity (Wildman–Crippen MR) is 155 cm³/mol. The average molecular weight is 561 g/mol. The van der Waals surface area contributed by atoms with E-state index in [-0.39, 0.29) is 24.3 Å². The average Bonchev–Trinajstić information content (AvgIpc) is 3.63. The lowest BCUT2D eigenvalue weighted by molar-refractivity contribution is -0.137. The molecule has 41 heavy (non-hydrogen) atoms. The highest BCUT2D eigenvalue weighted by atomic mass is 19.2. The molecule has 2 fully saturated rings. The van der Waals surface area contributed by atoms with Gasteiger partial charge in [-0.05, 0) is 61.1 Å². The zero-order valence-corrected chi connectivity index (χ0v) is 23.4. The van der Waals surface area contributed by atoms with Gasteiger partial charge in [-0.3, -0.25) is 9.59 Å². The van der Waals surface area contributed by atoms with Gasteiger partial charge in [-0.15, -0.1) is 0 Å². The SMILES string of the molecule is CC(N)C(=O)NC(Cc1ccc(F)c(F)c1)C(=O)N1C[C@@H](c2ccccc2)C[C@H]1CN1CCC(c2ccccc2)C1. The lowest BCUT2D eigenvalue weighted by Crippen LogP contribution is -2.55. The van der Waals surface area contributed by atoms with E-state index in [1.54, 1.807) is 6.92 Å². The number of nitrogens with zero attached hydrogens (tertiary/aromatic N) is 2. The van der Waals surface area contributed by atoms with Gasteiger partial charge in [-0.25, -0.2) is 8.78 Å². The fourth-order valence-electron chi connectivity index (χ4n) is 6.23. The second kappa shape index (κ2) is 12.9. The standard InChI is InChI=1S/C33H38F2N4O2/c1-22(36)32(40)37-31(17-23-12-13-29(34)30(35)16-23)33(41)39-20-27(25-10-6-3-7-11-25)18-28(39)21-38-15-14-26(19-38)24-8-4-2-5-9-24/h2-13,16,22,26-28,31H,14-15,17-21,36H2,1H3,(H,37,40)/t22?,26?,27-,28-,31?/m0/s1. The van der Waals surface area contributed by atoms with Gasteiger partial charge in [0.2, 0.25) is 11.8 Å². The normalized spacial score (nSPS) is 22.4. The molecule has 2 amide bonds. The molecule has 2 aliphatic heterocycles. The number of halogens is 2. The molecule has 8 heteroatoms. The number of benzene rings is 3. The van der Waals surface area contributed by atoms with Crippen molar-refractivity contribution in [3.05, 3.63) is 107 Å². The van der Waals surface area contributed by atoms with Gasteiger partial charge < -0.3 is 20.9 Å². The Labute approximate surface area is 240 Å². The molecule has 216 valence electrons. The molecule has 3 aromatic carbocycles. The van der Waals surface area contributed by atoms with Crippen molar-refractivity contribution in [2.45, 2.75) is 56.1 Å². The Bertz CT molecular complexity index is 1340. The van der Waals surface area contributed by atoms with E-state index in [2.05, 4.69) is 46.6 Å². The Kier molecular flexibility index (Phi) is 9.10. The van der Waals surface area contributed by atoms with Crippen LogP contribution in [0.4, 0.5) is 8.78 Å². The van der Waals surface area contributed by atoms with Gasteiger partial charge in [0.05, 0.1) is 6.04 Å². The van der Waals surface area contributed by atoms with Crippen molar-refractivity contribution in [2.24, 2.45) is 5.73 Å². The smallest absolute Gasteiger partial charge is 0.245 e. The summed E-state index contributed by atoms with van der Waals surface area (Å²) in [6.45, 7) is 4.68. The minimum Gasteiger partial charge on any atom is -0.343 e. The monoisotopic (exact) mass is 560 g/mol. The highest BCUT2D eigenvalue weighted by Crippen LogP contribution is 2.35. The molecular weight excluding hydrogens is 522 g/mol. The van der Waals surface area contributed by atoms with Crippen LogP contribution in [0.5, 0.6) is 0 Å². The molecule has 0 saturated carbocycles. The molecule has 5 rings (SSSR count). The lowest BCUT2D eigenvalue weighted by Gasteiger charge is -2.32. The third-order valence-electron chi connectivity index (χ3n) is 8.43. The maximum absolute atomic E-state index is 14.2. The summed E-state index contributed by atoms with van der Waals surface area (Å²) in [5.41, 5.74) is 8.75. The number of amides is 2. The van der Waals surface area contributed by atoms with Gasteiger partial charge in [-0.2, -0.15) is 0 Å². The van der Waals surface area contributed by atoms with Gasteiger partial charge in [0, 0.05) is 38.0 Å². The first-order chi connectivity index (χ1) is 19.8. The van der Waals surface area contributed by atoms with E-state index in [1.807, 2.05) is 29.2 Å². The van der Waals surface area contributed by atoms with Crippen LogP contribution in [-0.2, 0) is 16.0 Å². The molecule has 2 aliphatic rings. The van der Waals surface area contributed by atoms with Crippen LogP contribution in [0.1, 0.15) is 48.3 Å². The number of nitrogens with one attached hydrogen (secondary N) is 1. The van der Waals surface area contributed by atoms with Crippen LogP contribution in [0.2, 0.25) is 0 Å². The van der Waals surface area contributed by atoms with Gasteiger partial charge in [0.25, 0.3) is 0 Å². The number of hydrogen-bond acceptors (Lipinski definition) is 4. The third kappa shape index (κ3) is 7.00. The molecule has 0 radical (unpaired) electrons. The van der Waals surface area contributed by atoms with Gasteiger partial charge in [-0.1, -0.05) is 66.7 Å². The number of likely N-dealkylation sites (tertiary alicyclic amines) is 2. The van der Waals surface area contributed by atoms with Crippen molar-refractivity contribution < 1.29 is 18.4 Å². The van der Waals surface area contributed by atoms with E-state index in [9.17, 15) is 18.4 Å². The number of nitrogens with two attached hydrogens (primary N) is 1. The van der Waals surface area contributed by atoms with Crippen LogP contribution in [0.3, 0.4) is 0 Å². The molecule has 0 bridgehead atoms. The maximum Gasteiger partial charge on any atom is 0.245 e. The van der Waals surface area contributed by atoms with Gasteiger partial charge in [0.1, 0.15) is 6.04 Å². The summed E-state index contributed by atoms with van der Waals surface area (Å²) in [6, 6.07) is 22.4. The van der Waals surface area contributed by atoms with E-state index < -0.39 is 29.6 Å². The molecule has 6 nitrogen and oxygen atoms in total. The van der Waals surface area contributed by atoms with Gasteiger partial charge in [0.15, 0.2) is 11.6 Å². The quantitative estimate of drug-likeness (QED) is 0.411. The highest BCUT2D eigenvalue weighted by molar-refractivity contribution is 5.90. The molecule has 0 aromatic heterocycles. The molecule has 2 heterocycles. The van der Waals surface area contributed by atoms with E-state index in [0.717, 1.165) is 44.6 Å². The van der Waals surface area contributed by atoms with E-state index in [1.165, 1.54) is 17.2 Å². The van der Waals surface area contributed by atoms with E-state index >= 15 is 0 Å². The molecule has 2 saturated heterocycles. The second-order valence-corrected chi connectivity index (χ2v) is 11.4. The summed E-state index contributed by atoms with van der Waals surface area (Å²) >= 11 is 0. The second-order valence-electron chi connectivity index (χ2n) is 11.4. The fraction of sp³-hybridized carbons (Fsp3) is 0.394. The minimum atomic E-state index is -0.989. The van der Waals surface area contributed by atoms with Crippen molar-refractivity contribution >= 4 is 11.8 Å². The maximum atomic E-state index is 14.2. The van der Waals surface area contributed by atoms with Crippen molar-refractivity contribution in [3.63, 3.8) is 0 Å². The fourth-order valence-corrected chi connectivity index (χ4v) is 6.23. The Morgan fingerprint density at radius 3 is 2.22 bits per heavy atom. The Morgan fingerprint density at radius 2 is 1.59 bits per heavy atom. The summed E-state index contributed by atoms with van der Waals surface area (Å²) in [4.78, 5) is 31.2. The van der Waals surface area contributed by atoms with Crippen LogP contribution in [-0.4, -0.2) is 65.9 Å². The minimum absolute atomic E-state index is 0.0352. The van der Waals surface area contributed by atoms with Crippen LogP contribution >= 0.6 is 0 Å². The summed E-state index contributed by atoms with van der Waals surface area (Å²) in [5.74, 6) is -2.03. The first-order valence-electron chi connectivity index (χ1n) is 14.4. The van der Waals surface area contributed by atoms with Crippen LogP contribution in [0.15, 0.2) is 78.9 Å². The van der Waals surface area contributed by atoms with Crippen LogP contribution < -0.4 is 11.1 Å². The van der Waals surface area contributed by atoms with Crippen molar-refractivity contribution in [1.82, 2.24) is 15.1 Å². The summed E-state index contributed by atoms with van der Waals surface area (Å²) in [7, 11) is 0. The van der Waals surface area contributed by atoms with Crippen LogP contribution in [0, 0.1) is 11.6 Å². The Morgan fingerprint density at radius 1 is 0.927 bits per heavy atom. The van der Waals surface area contributed by atoms with Gasteiger partial charge >= 0.3 is 0 Å². The number of carbonyl (C=O) groups excluding carboxylic acids is 2. The number of hydrogen-bond donors (Lipinski definition) is 2. The molecule has 3 N–H and O–H groups in total. The van der Waals surface area contributed by atoms with Crippen molar-refractivity contribution in [2.75, 3.05) is 26.2 Å². The first-order valence-corrected chi connectivity index (χ1v) is 14.4. The molecule has 5 atom stereocenters. The lowest BCUT2D eigenvalue weighted by atomic mass is 9.96. The zero-order valence-electron chi connectivity index (χ0n) is 23.4. The molecule has 3 aromatic rings. The van der Waals surface area contributed by atoms with Crippen LogP contribution in [0.25, 0.3) is 0 Å². The Hall–Kier alpha value is -3.62. The largest absolute Gasteiger partial charge is 0.343 e. The summed E-state index contributed by atoms with van der Waals surface area (Å²) in [5, 5.41) is 2.79. The molecule has 0 aliphatic carbocycles. The summed E-state index contributed by atoms with van der Waals surface area (Å²) in [6.07, 6.45) is 1.91. The highest BCUT2D eigenvalue weighted by Gasteiger charge is 2.40. The molecular formula is C33H38F2N4O2. The third-order valence-corrected chi connectivity index (χ3v) is 8.43. The molecule has 3 unspecified atom stereocenters. The van der Waals surface area contributed by atoms with Crippen molar-refractivity contribution in [3.8, 4) is 0 Å².